The van der Waals surface area contributed by atoms with Crippen molar-refractivity contribution in [3.05, 3.63) is 40.2 Å². The van der Waals surface area contributed by atoms with Crippen LogP contribution in [0.5, 0.6) is 0 Å². The summed E-state index contributed by atoms with van der Waals surface area (Å²) in [5.74, 6) is 1.31. The van der Waals surface area contributed by atoms with Gasteiger partial charge < -0.3 is 15.1 Å². The predicted molar refractivity (Wildman–Crippen MR) is 77.7 cm³/mol. The van der Waals surface area contributed by atoms with Gasteiger partial charge in [0.05, 0.1) is 17.8 Å². The molecule has 0 radical (unpaired) electrons. The zero-order valence-corrected chi connectivity index (χ0v) is 12.6. The quantitative estimate of drug-likeness (QED) is 0.653. The van der Waals surface area contributed by atoms with Crippen molar-refractivity contribution in [2.45, 2.75) is 19.1 Å². The number of thiazole rings is 1. The lowest BCUT2D eigenvalue weighted by molar-refractivity contribution is -0.140. The second-order valence-corrected chi connectivity index (χ2v) is 5.25. The second-order valence-electron chi connectivity index (χ2n) is 4.31. The van der Waals surface area contributed by atoms with E-state index in [0.717, 1.165) is 22.5 Å². The Kier molecular flexibility index (Phi) is 5.42. The molecule has 5 nitrogen and oxygen atoms in total. The van der Waals surface area contributed by atoms with Crippen LogP contribution in [0.25, 0.3) is 0 Å². The molecule has 2 aromatic rings. The van der Waals surface area contributed by atoms with Crippen molar-refractivity contribution < 1.29 is 17.6 Å². The van der Waals surface area contributed by atoms with Gasteiger partial charge in [-0.05, 0) is 12.1 Å². The number of rotatable bonds is 5. The van der Waals surface area contributed by atoms with E-state index in [1.165, 1.54) is 0 Å². The fraction of sp³-hybridized carbons (Fsp3) is 0.385. The number of furan rings is 1. The third-order valence-electron chi connectivity index (χ3n) is 2.71. The number of nitrogens with one attached hydrogen (secondary N) is 2. The first-order valence-corrected chi connectivity index (χ1v) is 7.35. The second kappa shape index (κ2) is 7.30. The number of aromatic nitrogens is 1. The van der Waals surface area contributed by atoms with Crippen molar-refractivity contribution in [3.63, 3.8) is 0 Å². The SMILES string of the molecule is CN=C(NCCc1nc(C(F)(F)F)cs1)NCc1ccco1. The standard InChI is InChI=1S/C13H15F3N4OS/c1-17-12(19-7-9-3-2-6-21-9)18-5-4-11-20-10(8-22-11)13(14,15)16/h2-3,6,8H,4-5,7H2,1H3,(H2,17,18,19). The van der Waals surface area contributed by atoms with Gasteiger partial charge in [-0.1, -0.05) is 0 Å². The van der Waals surface area contributed by atoms with E-state index in [1.807, 2.05) is 6.07 Å². The van der Waals surface area contributed by atoms with Gasteiger partial charge in [-0.2, -0.15) is 13.2 Å². The van der Waals surface area contributed by atoms with Gasteiger partial charge in [0, 0.05) is 25.4 Å². The summed E-state index contributed by atoms with van der Waals surface area (Å²) in [6.07, 6.45) is -2.42. The molecule has 2 aromatic heterocycles. The van der Waals surface area contributed by atoms with Crippen molar-refractivity contribution in [3.8, 4) is 0 Å². The van der Waals surface area contributed by atoms with Crippen LogP contribution in [0.3, 0.4) is 0 Å². The van der Waals surface area contributed by atoms with Gasteiger partial charge in [0.25, 0.3) is 0 Å². The van der Waals surface area contributed by atoms with E-state index in [2.05, 4.69) is 20.6 Å². The van der Waals surface area contributed by atoms with Crippen molar-refractivity contribution >= 4 is 17.3 Å². The fourth-order valence-corrected chi connectivity index (χ4v) is 2.45. The number of aliphatic imine (C=N–C) groups is 1. The van der Waals surface area contributed by atoms with Gasteiger partial charge in [0.2, 0.25) is 0 Å². The molecule has 0 fully saturated rings. The molecule has 0 saturated heterocycles. The van der Waals surface area contributed by atoms with Crippen molar-refractivity contribution in [2.75, 3.05) is 13.6 Å². The van der Waals surface area contributed by atoms with Gasteiger partial charge in [0.1, 0.15) is 5.76 Å². The minimum atomic E-state index is -4.39. The summed E-state index contributed by atoms with van der Waals surface area (Å²) in [6.45, 7) is 0.908. The molecule has 0 unspecified atom stereocenters. The normalized spacial score (nSPS) is 12.5. The molecule has 0 amide bonds. The molecule has 0 spiro atoms. The first-order chi connectivity index (χ1) is 10.5. The Bertz CT molecular complexity index is 607. The number of alkyl halides is 3. The third-order valence-corrected chi connectivity index (χ3v) is 3.62. The molecular weight excluding hydrogens is 317 g/mol. The fourth-order valence-electron chi connectivity index (χ4n) is 1.65. The minimum absolute atomic E-state index is 0.391. The molecule has 0 aliphatic carbocycles. The number of hydrogen-bond acceptors (Lipinski definition) is 4. The van der Waals surface area contributed by atoms with Crippen LogP contribution in [0.15, 0.2) is 33.2 Å². The molecule has 0 aliphatic rings. The van der Waals surface area contributed by atoms with Crippen LogP contribution in [0, 0.1) is 0 Å². The maximum Gasteiger partial charge on any atom is 0.434 e. The average Bonchev–Trinajstić information content (AvgIpc) is 3.13. The Morgan fingerprint density at radius 2 is 2.23 bits per heavy atom. The molecule has 0 aliphatic heterocycles. The molecule has 2 rings (SSSR count). The lowest BCUT2D eigenvalue weighted by Gasteiger charge is -2.10. The van der Waals surface area contributed by atoms with Crippen molar-refractivity contribution in [2.24, 2.45) is 4.99 Å². The molecule has 2 heterocycles. The van der Waals surface area contributed by atoms with E-state index in [4.69, 9.17) is 4.42 Å². The van der Waals surface area contributed by atoms with E-state index in [0.29, 0.717) is 30.5 Å². The lowest BCUT2D eigenvalue weighted by Crippen LogP contribution is -2.37. The highest BCUT2D eigenvalue weighted by atomic mass is 32.1. The Morgan fingerprint density at radius 3 is 2.82 bits per heavy atom. The van der Waals surface area contributed by atoms with Crippen LogP contribution in [-0.4, -0.2) is 24.5 Å². The summed E-state index contributed by atoms with van der Waals surface area (Å²) in [7, 11) is 1.61. The maximum absolute atomic E-state index is 12.4. The highest BCUT2D eigenvalue weighted by Gasteiger charge is 2.33. The predicted octanol–water partition coefficient (Wildman–Crippen LogP) is 2.66. The number of nitrogens with zero attached hydrogens (tertiary/aromatic N) is 2. The van der Waals surface area contributed by atoms with Crippen LogP contribution in [0.4, 0.5) is 13.2 Å². The first-order valence-electron chi connectivity index (χ1n) is 6.47. The first kappa shape index (κ1) is 16.3. The minimum Gasteiger partial charge on any atom is -0.467 e. The van der Waals surface area contributed by atoms with E-state index < -0.39 is 11.9 Å². The highest BCUT2D eigenvalue weighted by molar-refractivity contribution is 7.09. The maximum atomic E-state index is 12.4. The van der Waals surface area contributed by atoms with Gasteiger partial charge >= 0.3 is 6.18 Å². The van der Waals surface area contributed by atoms with E-state index in [-0.39, 0.29) is 0 Å². The number of hydrogen-bond donors (Lipinski definition) is 2. The van der Waals surface area contributed by atoms with Crippen LogP contribution in [-0.2, 0) is 19.1 Å². The Balaban J connectivity index is 1.75. The van der Waals surface area contributed by atoms with Crippen LogP contribution in [0.1, 0.15) is 16.5 Å². The molecule has 0 aromatic carbocycles. The zero-order chi connectivity index (χ0) is 16.0. The number of guanidine groups is 1. The largest absolute Gasteiger partial charge is 0.467 e. The Hall–Kier alpha value is -2.03. The molecule has 9 heteroatoms. The Morgan fingerprint density at radius 1 is 1.41 bits per heavy atom. The van der Waals surface area contributed by atoms with Crippen molar-refractivity contribution in [1.29, 1.82) is 0 Å². The molecule has 0 atom stereocenters. The summed E-state index contributed by atoms with van der Waals surface area (Å²) in [5.41, 5.74) is -0.840. The van der Waals surface area contributed by atoms with Gasteiger partial charge in [-0.3, -0.25) is 4.99 Å². The van der Waals surface area contributed by atoms with Crippen LogP contribution in [0.2, 0.25) is 0 Å². The summed E-state index contributed by atoms with van der Waals surface area (Å²) in [4.78, 5) is 7.59. The van der Waals surface area contributed by atoms with Gasteiger partial charge in [-0.15, -0.1) is 11.3 Å². The molecule has 0 saturated carbocycles. The van der Waals surface area contributed by atoms with Crippen LogP contribution < -0.4 is 10.6 Å². The third kappa shape index (κ3) is 4.76. The molecule has 0 bridgehead atoms. The van der Waals surface area contributed by atoms with Crippen LogP contribution >= 0.6 is 11.3 Å². The summed E-state index contributed by atoms with van der Waals surface area (Å²) >= 11 is 1.00. The summed E-state index contributed by atoms with van der Waals surface area (Å²) in [6, 6.07) is 3.61. The van der Waals surface area contributed by atoms with E-state index >= 15 is 0 Å². The van der Waals surface area contributed by atoms with Gasteiger partial charge in [-0.25, -0.2) is 4.98 Å². The topological polar surface area (TPSA) is 62.5 Å². The summed E-state index contributed by atoms with van der Waals surface area (Å²) in [5, 5.41) is 7.51. The molecule has 120 valence electrons. The average molecular weight is 332 g/mol. The molecule has 2 N–H and O–H groups in total. The van der Waals surface area contributed by atoms with Crippen molar-refractivity contribution in [1.82, 2.24) is 15.6 Å². The number of halogens is 3. The lowest BCUT2D eigenvalue weighted by atomic mass is 10.4. The molecular formula is C13H15F3N4OS. The smallest absolute Gasteiger partial charge is 0.434 e. The highest BCUT2D eigenvalue weighted by Crippen LogP contribution is 2.29. The monoisotopic (exact) mass is 332 g/mol. The zero-order valence-electron chi connectivity index (χ0n) is 11.8. The van der Waals surface area contributed by atoms with Gasteiger partial charge in [0.15, 0.2) is 11.7 Å². The Labute approximate surface area is 129 Å². The van der Waals surface area contributed by atoms with E-state index in [9.17, 15) is 13.2 Å². The summed E-state index contributed by atoms with van der Waals surface area (Å²) < 4.78 is 42.5. The van der Waals surface area contributed by atoms with E-state index in [1.54, 1.807) is 19.4 Å². The molecule has 22 heavy (non-hydrogen) atoms.